The molecule has 0 aromatic carbocycles. The molecule has 4 heteroatoms. The number of carbonyl (C=O) groups excluding carboxylic acids is 1. The minimum absolute atomic E-state index is 0.0122. The van der Waals surface area contributed by atoms with Crippen molar-refractivity contribution in [2.75, 3.05) is 11.5 Å². The number of halogens is 2. The third kappa shape index (κ3) is 3.06. The summed E-state index contributed by atoms with van der Waals surface area (Å²) in [5, 5.41) is 0. The minimum atomic E-state index is -0.139. The maximum absolute atomic E-state index is 10.5. The van der Waals surface area contributed by atoms with Gasteiger partial charge in [0.05, 0.1) is 7.11 Å². The SMILES string of the molecule is COC(=O)[C@@H](I)CI. The predicted octanol–water partition coefficient (Wildman–Crippen LogP) is 1.40. The Morgan fingerprint density at radius 3 is 2.50 bits per heavy atom. The van der Waals surface area contributed by atoms with Crippen molar-refractivity contribution in [1.82, 2.24) is 0 Å². The Morgan fingerprint density at radius 2 is 2.38 bits per heavy atom. The highest BCUT2D eigenvalue weighted by Crippen LogP contribution is 2.05. The Morgan fingerprint density at radius 1 is 1.88 bits per heavy atom. The zero-order chi connectivity index (χ0) is 6.57. The van der Waals surface area contributed by atoms with Crippen molar-refractivity contribution in [2.24, 2.45) is 0 Å². The van der Waals surface area contributed by atoms with E-state index in [0.717, 1.165) is 4.43 Å². The number of rotatable bonds is 2. The maximum Gasteiger partial charge on any atom is 0.319 e. The van der Waals surface area contributed by atoms with E-state index in [-0.39, 0.29) is 9.89 Å². The van der Waals surface area contributed by atoms with E-state index in [0.29, 0.717) is 0 Å². The van der Waals surface area contributed by atoms with Crippen LogP contribution in [-0.2, 0) is 9.53 Å². The second-order valence-corrected chi connectivity index (χ2v) is 3.53. The first-order valence-electron chi connectivity index (χ1n) is 2.00. The first kappa shape index (κ1) is 8.93. The highest BCUT2D eigenvalue weighted by molar-refractivity contribution is 14.1. The average Bonchev–Trinajstić information content (AvgIpc) is 1.84. The van der Waals surface area contributed by atoms with E-state index in [1.165, 1.54) is 7.11 Å². The van der Waals surface area contributed by atoms with Crippen LogP contribution in [0, 0.1) is 0 Å². The van der Waals surface area contributed by atoms with E-state index < -0.39 is 0 Å². The molecule has 0 saturated heterocycles. The third-order valence-corrected chi connectivity index (χ3v) is 4.11. The molecule has 0 aliphatic heterocycles. The van der Waals surface area contributed by atoms with Gasteiger partial charge in [-0.25, -0.2) is 0 Å². The van der Waals surface area contributed by atoms with Crippen LogP contribution in [0.15, 0.2) is 0 Å². The molecule has 0 unspecified atom stereocenters. The van der Waals surface area contributed by atoms with Crippen LogP contribution in [0.3, 0.4) is 0 Å². The van der Waals surface area contributed by atoms with Crippen LogP contribution in [-0.4, -0.2) is 21.4 Å². The molecule has 0 heterocycles. The molecule has 0 rings (SSSR count). The molecule has 0 saturated carbocycles. The molecule has 1 atom stereocenters. The Kier molecular flexibility index (Phi) is 5.33. The highest BCUT2D eigenvalue weighted by atomic mass is 127. The second-order valence-electron chi connectivity index (χ2n) is 1.14. The lowest BCUT2D eigenvalue weighted by Crippen LogP contribution is -2.16. The summed E-state index contributed by atoms with van der Waals surface area (Å²) < 4.78 is 5.27. The quantitative estimate of drug-likeness (QED) is 0.432. The topological polar surface area (TPSA) is 26.3 Å². The summed E-state index contributed by atoms with van der Waals surface area (Å²) in [7, 11) is 1.40. The van der Waals surface area contributed by atoms with Crippen molar-refractivity contribution in [3.05, 3.63) is 0 Å². The van der Waals surface area contributed by atoms with Crippen LogP contribution in [0.1, 0.15) is 0 Å². The van der Waals surface area contributed by atoms with Crippen LogP contribution in [0.2, 0.25) is 0 Å². The summed E-state index contributed by atoms with van der Waals surface area (Å²) in [6, 6.07) is 0. The van der Waals surface area contributed by atoms with Gasteiger partial charge in [-0.15, -0.1) is 0 Å². The Hall–Kier alpha value is 0.930. The standard InChI is InChI=1S/C4H6I2O2/c1-8-4(7)3(6)2-5/h3H,2H2,1H3/t3-/m0/s1. The fourth-order valence-electron chi connectivity index (χ4n) is 0.191. The third-order valence-electron chi connectivity index (χ3n) is 0.592. The molecule has 0 fully saturated rings. The number of methoxy groups -OCH3 is 1. The molecule has 0 aliphatic rings. The van der Waals surface area contributed by atoms with Crippen molar-refractivity contribution in [3.8, 4) is 0 Å². The van der Waals surface area contributed by atoms with E-state index in [4.69, 9.17) is 0 Å². The molecule has 8 heavy (non-hydrogen) atoms. The number of esters is 1. The van der Waals surface area contributed by atoms with Gasteiger partial charge < -0.3 is 4.74 Å². The predicted molar refractivity (Wildman–Crippen MR) is 48.7 cm³/mol. The van der Waals surface area contributed by atoms with Crippen LogP contribution in [0.5, 0.6) is 0 Å². The molecule has 0 spiro atoms. The second kappa shape index (κ2) is 4.78. The average molecular weight is 340 g/mol. The van der Waals surface area contributed by atoms with Gasteiger partial charge in [0.25, 0.3) is 0 Å². The molecule has 0 bridgehead atoms. The summed E-state index contributed by atoms with van der Waals surface area (Å²) in [4.78, 5) is 10.5. The highest BCUT2D eigenvalue weighted by Gasteiger charge is 2.11. The fourth-order valence-corrected chi connectivity index (χ4v) is 0.805. The summed E-state index contributed by atoms with van der Waals surface area (Å²) in [6.07, 6.45) is 0. The van der Waals surface area contributed by atoms with E-state index in [9.17, 15) is 4.79 Å². The lowest BCUT2D eigenvalue weighted by atomic mass is 10.5. The largest absolute Gasteiger partial charge is 0.468 e. The molecule has 2 nitrogen and oxygen atoms in total. The van der Waals surface area contributed by atoms with Gasteiger partial charge in [0.2, 0.25) is 0 Å². The normalized spacial score (nSPS) is 12.9. The molecule has 48 valence electrons. The zero-order valence-electron chi connectivity index (χ0n) is 4.36. The molecule has 0 amide bonds. The maximum atomic E-state index is 10.5. The van der Waals surface area contributed by atoms with Crippen molar-refractivity contribution in [2.45, 2.75) is 3.92 Å². The fraction of sp³-hybridized carbons (Fsp3) is 0.750. The van der Waals surface area contributed by atoms with Gasteiger partial charge in [0.1, 0.15) is 3.92 Å². The smallest absolute Gasteiger partial charge is 0.319 e. The molecule has 0 aliphatic carbocycles. The van der Waals surface area contributed by atoms with Gasteiger partial charge in [-0.1, -0.05) is 45.2 Å². The van der Waals surface area contributed by atoms with Crippen molar-refractivity contribution >= 4 is 51.2 Å². The first-order chi connectivity index (χ1) is 3.72. The first-order valence-corrected chi connectivity index (χ1v) is 4.77. The number of hydrogen-bond acceptors (Lipinski definition) is 2. The summed E-state index contributed by atoms with van der Waals surface area (Å²) in [6.45, 7) is 0. The number of carbonyl (C=O) groups is 1. The van der Waals surface area contributed by atoms with E-state index in [1.807, 2.05) is 22.6 Å². The summed E-state index contributed by atoms with van der Waals surface area (Å²) in [5.74, 6) is -0.139. The Balaban J connectivity index is 3.46. The Labute approximate surface area is 75.6 Å². The van der Waals surface area contributed by atoms with E-state index in [1.54, 1.807) is 0 Å². The molecular formula is C4H6I2O2. The summed E-state index contributed by atoms with van der Waals surface area (Å²) >= 11 is 4.19. The summed E-state index contributed by atoms with van der Waals surface area (Å²) in [5.41, 5.74) is 0. The van der Waals surface area contributed by atoms with Gasteiger partial charge in [-0.05, 0) is 0 Å². The molecule has 0 radical (unpaired) electrons. The van der Waals surface area contributed by atoms with Crippen molar-refractivity contribution in [3.63, 3.8) is 0 Å². The van der Waals surface area contributed by atoms with Gasteiger partial charge in [0, 0.05) is 4.43 Å². The zero-order valence-corrected chi connectivity index (χ0v) is 8.67. The number of ether oxygens (including phenoxy) is 1. The van der Waals surface area contributed by atoms with Crippen molar-refractivity contribution < 1.29 is 9.53 Å². The lowest BCUT2D eigenvalue weighted by Gasteiger charge is -2.00. The monoisotopic (exact) mass is 340 g/mol. The van der Waals surface area contributed by atoms with Gasteiger partial charge >= 0.3 is 5.97 Å². The van der Waals surface area contributed by atoms with Crippen molar-refractivity contribution in [1.29, 1.82) is 0 Å². The Bertz CT molecular complexity index is 84.1. The van der Waals surface area contributed by atoms with Crippen LogP contribution in [0.4, 0.5) is 0 Å². The van der Waals surface area contributed by atoms with Crippen LogP contribution in [0.25, 0.3) is 0 Å². The molecular weight excluding hydrogens is 334 g/mol. The van der Waals surface area contributed by atoms with Crippen LogP contribution >= 0.6 is 45.2 Å². The number of hydrogen-bond donors (Lipinski definition) is 0. The van der Waals surface area contributed by atoms with E-state index >= 15 is 0 Å². The van der Waals surface area contributed by atoms with Gasteiger partial charge in [-0.3, -0.25) is 4.79 Å². The van der Waals surface area contributed by atoms with Gasteiger partial charge in [0.15, 0.2) is 0 Å². The molecule has 0 aromatic heterocycles. The molecule has 0 aromatic rings. The minimum Gasteiger partial charge on any atom is -0.468 e. The van der Waals surface area contributed by atoms with E-state index in [2.05, 4.69) is 27.3 Å². The molecule has 0 N–H and O–H groups in total. The lowest BCUT2D eigenvalue weighted by molar-refractivity contribution is -0.139. The van der Waals surface area contributed by atoms with Crippen LogP contribution < -0.4 is 0 Å². The number of alkyl halides is 2. The van der Waals surface area contributed by atoms with Gasteiger partial charge in [-0.2, -0.15) is 0 Å².